The van der Waals surface area contributed by atoms with Gasteiger partial charge in [0.15, 0.2) is 5.96 Å². The van der Waals surface area contributed by atoms with E-state index in [9.17, 15) is 0 Å². The highest BCUT2D eigenvalue weighted by Crippen LogP contribution is 2.23. The van der Waals surface area contributed by atoms with E-state index in [2.05, 4.69) is 46.9 Å². The van der Waals surface area contributed by atoms with Crippen molar-refractivity contribution >= 4 is 17.3 Å². The van der Waals surface area contributed by atoms with Gasteiger partial charge in [-0.05, 0) is 6.07 Å². The van der Waals surface area contributed by atoms with E-state index in [-0.39, 0.29) is 5.41 Å². The van der Waals surface area contributed by atoms with Crippen molar-refractivity contribution in [1.82, 2.24) is 25.4 Å². The first-order valence-electron chi connectivity index (χ1n) is 7.76. The molecule has 0 aromatic carbocycles. The quantitative estimate of drug-likeness (QED) is 0.649. The number of nitrogens with one attached hydrogen (secondary N) is 2. The van der Waals surface area contributed by atoms with Crippen LogP contribution in [-0.4, -0.2) is 34.3 Å². The van der Waals surface area contributed by atoms with Crippen LogP contribution < -0.4 is 10.6 Å². The monoisotopic (exact) mass is 334 g/mol. The van der Waals surface area contributed by atoms with E-state index in [1.165, 1.54) is 0 Å². The first kappa shape index (κ1) is 17.5. The number of guanidine groups is 1. The summed E-state index contributed by atoms with van der Waals surface area (Å²) in [5.74, 6) is 0.791. The van der Waals surface area contributed by atoms with Crippen LogP contribution >= 0.6 is 11.3 Å². The summed E-state index contributed by atoms with van der Waals surface area (Å²) in [4.78, 5) is 8.95. The third-order valence-corrected chi connectivity index (χ3v) is 4.44. The molecule has 2 N–H and O–H groups in total. The Balaban J connectivity index is 1.78. The summed E-state index contributed by atoms with van der Waals surface area (Å²) in [6, 6.07) is 1.99. The molecule has 0 aliphatic carbocycles. The van der Waals surface area contributed by atoms with Crippen LogP contribution in [0, 0.1) is 0 Å². The molecule has 7 heteroatoms. The molecular formula is C16H26N6S. The van der Waals surface area contributed by atoms with Gasteiger partial charge in [-0.1, -0.05) is 20.8 Å². The lowest BCUT2D eigenvalue weighted by molar-refractivity contribution is 0.570. The van der Waals surface area contributed by atoms with Crippen molar-refractivity contribution < 1.29 is 0 Å². The van der Waals surface area contributed by atoms with Gasteiger partial charge in [0.1, 0.15) is 0 Å². The van der Waals surface area contributed by atoms with E-state index in [1.807, 2.05) is 17.8 Å². The topological polar surface area (TPSA) is 67.1 Å². The van der Waals surface area contributed by atoms with Crippen LogP contribution in [0.5, 0.6) is 0 Å². The Labute approximate surface area is 142 Å². The van der Waals surface area contributed by atoms with Crippen LogP contribution in [0.1, 0.15) is 37.2 Å². The Morgan fingerprint density at radius 3 is 2.70 bits per heavy atom. The summed E-state index contributed by atoms with van der Waals surface area (Å²) < 4.78 is 1.85. The standard InChI is InChI=1S/C16H26N6S/c1-16(2,3)13-11-23-14(21-13)7-8-18-15(17-4)19-10-12-6-9-20-22(12)5/h6,9,11H,7-8,10H2,1-5H3,(H2,17,18,19). The van der Waals surface area contributed by atoms with E-state index in [4.69, 9.17) is 4.98 Å². The minimum Gasteiger partial charge on any atom is -0.356 e. The highest BCUT2D eigenvalue weighted by atomic mass is 32.1. The van der Waals surface area contributed by atoms with Crippen molar-refractivity contribution in [3.63, 3.8) is 0 Å². The summed E-state index contributed by atoms with van der Waals surface area (Å²) in [6.45, 7) is 8.07. The van der Waals surface area contributed by atoms with Gasteiger partial charge < -0.3 is 10.6 Å². The molecule has 0 bridgehead atoms. The van der Waals surface area contributed by atoms with Crippen LogP contribution in [0.15, 0.2) is 22.6 Å². The molecular weight excluding hydrogens is 308 g/mol. The lowest BCUT2D eigenvalue weighted by Crippen LogP contribution is -2.38. The molecule has 0 aliphatic heterocycles. The van der Waals surface area contributed by atoms with Gasteiger partial charge in [-0.15, -0.1) is 11.3 Å². The normalized spacial score (nSPS) is 12.5. The summed E-state index contributed by atoms with van der Waals surface area (Å²) in [5.41, 5.74) is 2.39. The molecule has 0 saturated heterocycles. The second-order valence-electron chi connectivity index (χ2n) is 6.43. The zero-order chi connectivity index (χ0) is 16.9. The first-order chi connectivity index (χ1) is 10.9. The Kier molecular flexibility index (Phi) is 5.76. The van der Waals surface area contributed by atoms with E-state index < -0.39 is 0 Å². The molecule has 0 unspecified atom stereocenters. The van der Waals surface area contributed by atoms with Crippen LogP contribution in [0.3, 0.4) is 0 Å². The molecule has 0 saturated carbocycles. The van der Waals surface area contributed by atoms with Gasteiger partial charge in [-0.2, -0.15) is 5.10 Å². The molecule has 0 spiro atoms. The van der Waals surface area contributed by atoms with Gasteiger partial charge in [-0.3, -0.25) is 9.67 Å². The maximum atomic E-state index is 4.71. The van der Waals surface area contributed by atoms with Crippen LogP contribution in [0.4, 0.5) is 0 Å². The van der Waals surface area contributed by atoms with Crippen molar-refractivity contribution in [2.75, 3.05) is 13.6 Å². The van der Waals surface area contributed by atoms with E-state index in [0.717, 1.165) is 35.3 Å². The van der Waals surface area contributed by atoms with Gasteiger partial charge in [0.05, 0.1) is 22.9 Å². The Morgan fingerprint density at radius 2 is 2.13 bits per heavy atom. The minimum absolute atomic E-state index is 0.114. The van der Waals surface area contributed by atoms with Crippen molar-refractivity contribution in [2.45, 2.75) is 39.2 Å². The molecule has 23 heavy (non-hydrogen) atoms. The molecule has 126 valence electrons. The molecule has 0 fully saturated rings. The summed E-state index contributed by atoms with van der Waals surface area (Å²) >= 11 is 1.73. The Bertz CT molecular complexity index is 650. The third-order valence-electron chi connectivity index (χ3n) is 3.53. The van der Waals surface area contributed by atoms with E-state index >= 15 is 0 Å². The predicted octanol–water partition coefficient (Wildman–Crippen LogP) is 2.08. The molecule has 0 amide bonds. The fourth-order valence-corrected chi connectivity index (χ4v) is 3.05. The number of aryl methyl sites for hydroxylation is 1. The lowest BCUT2D eigenvalue weighted by Gasteiger charge is -2.14. The van der Waals surface area contributed by atoms with Gasteiger partial charge >= 0.3 is 0 Å². The van der Waals surface area contributed by atoms with Crippen LogP contribution in [0.2, 0.25) is 0 Å². The van der Waals surface area contributed by atoms with Crippen molar-refractivity contribution in [3.05, 3.63) is 34.0 Å². The SMILES string of the molecule is CN=C(NCCc1nc(C(C)(C)C)cs1)NCc1ccnn1C. The molecule has 2 rings (SSSR count). The number of hydrogen-bond acceptors (Lipinski definition) is 4. The maximum Gasteiger partial charge on any atom is 0.191 e. The molecule has 2 aromatic rings. The molecule has 0 atom stereocenters. The number of hydrogen-bond donors (Lipinski definition) is 2. The van der Waals surface area contributed by atoms with Crippen LogP contribution in [-0.2, 0) is 25.4 Å². The fraction of sp³-hybridized carbons (Fsp3) is 0.562. The zero-order valence-electron chi connectivity index (χ0n) is 14.6. The third kappa shape index (κ3) is 5.06. The van der Waals surface area contributed by atoms with Gasteiger partial charge in [0.25, 0.3) is 0 Å². The number of rotatable bonds is 5. The number of nitrogens with zero attached hydrogens (tertiary/aromatic N) is 4. The summed E-state index contributed by atoms with van der Waals surface area (Å²) in [7, 11) is 3.71. The lowest BCUT2D eigenvalue weighted by atomic mass is 9.93. The molecule has 2 heterocycles. The summed E-state index contributed by atoms with van der Waals surface area (Å²) in [5, 5.41) is 14.1. The average Bonchev–Trinajstić information content (AvgIpc) is 3.11. The molecule has 0 aliphatic rings. The van der Waals surface area contributed by atoms with E-state index in [1.54, 1.807) is 24.6 Å². The second kappa shape index (κ2) is 7.59. The highest BCUT2D eigenvalue weighted by molar-refractivity contribution is 7.09. The summed E-state index contributed by atoms with van der Waals surface area (Å²) in [6.07, 6.45) is 2.69. The van der Waals surface area contributed by atoms with Gasteiger partial charge in [0, 0.05) is 44.1 Å². The predicted molar refractivity (Wildman–Crippen MR) is 95.9 cm³/mol. The number of aliphatic imine (C=N–C) groups is 1. The van der Waals surface area contributed by atoms with Crippen molar-refractivity contribution in [2.24, 2.45) is 12.0 Å². The molecule has 6 nitrogen and oxygen atoms in total. The molecule has 2 aromatic heterocycles. The number of aromatic nitrogens is 3. The number of thiazole rings is 1. The zero-order valence-corrected chi connectivity index (χ0v) is 15.4. The first-order valence-corrected chi connectivity index (χ1v) is 8.64. The van der Waals surface area contributed by atoms with Crippen molar-refractivity contribution in [1.29, 1.82) is 0 Å². The second-order valence-corrected chi connectivity index (χ2v) is 7.37. The maximum absolute atomic E-state index is 4.71. The van der Waals surface area contributed by atoms with Gasteiger partial charge in [-0.25, -0.2) is 4.98 Å². The molecule has 0 radical (unpaired) electrons. The van der Waals surface area contributed by atoms with Gasteiger partial charge in [0.2, 0.25) is 0 Å². The Hall–Kier alpha value is -1.89. The minimum atomic E-state index is 0.114. The Morgan fingerprint density at radius 1 is 1.35 bits per heavy atom. The fourth-order valence-electron chi connectivity index (χ4n) is 2.03. The average molecular weight is 334 g/mol. The van der Waals surface area contributed by atoms with E-state index in [0.29, 0.717) is 6.54 Å². The largest absolute Gasteiger partial charge is 0.356 e. The van der Waals surface area contributed by atoms with Crippen LogP contribution in [0.25, 0.3) is 0 Å². The van der Waals surface area contributed by atoms with Crippen molar-refractivity contribution in [3.8, 4) is 0 Å². The smallest absolute Gasteiger partial charge is 0.191 e. The highest BCUT2D eigenvalue weighted by Gasteiger charge is 2.17.